The van der Waals surface area contributed by atoms with Crippen molar-refractivity contribution in [3.8, 4) is 22.8 Å². The minimum absolute atomic E-state index is 0.0606. The molecule has 1 atom stereocenters. The molecule has 0 radical (unpaired) electrons. The van der Waals surface area contributed by atoms with E-state index < -0.39 is 0 Å². The Kier molecular flexibility index (Phi) is 4.85. The summed E-state index contributed by atoms with van der Waals surface area (Å²) in [4.78, 5) is 12.3. The maximum absolute atomic E-state index is 12.3. The molecule has 6 nitrogen and oxygen atoms in total. The highest BCUT2D eigenvalue weighted by atomic mass is 16.5. The van der Waals surface area contributed by atoms with Gasteiger partial charge in [0.15, 0.2) is 17.3 Å². The van der Waals surface area contributed by atoms with Gasteiger partial charge in [0.05, 0.1) is 12.8 Å². The van der Waals surface area contributed by atoms with E-state index in [2.05, 4.69) is 22.1 Å². The number of amides is 1. The summed E-state index contributed by atoms with van der Waals surface area (Å²) < 4.78 is 11.1. The van der Waals surface area contributed by atoms with Crippen molar-refractivity contribution in [2.24, 2.45) is 0 Å². The topological polar surface area (TPSA) is 76.2 Å². The van der Waals surface area contributed by atoms with E-state index in [9.17, 15) is 4.79 Å². The van der Waals surface area contributed by atoms with E-state index in [-0.39, 0.29) is 11.8 Å². The van der Waals surface area contributed by atoms with E-state index in [1.165, 1.54) is 0 Å². The van der Waals surface area contributed by atoms with Crippen LogP contribution >= 0.6 is 0 Å². The smallest absolute Gasteiger partial charge is 0.226 e. The average Bonchev–Trinajstić information content (AvgIpc) is 3.16. The Balaban J connectivity index is 1.79. The first-order valence-electron chi connectivity index (χ1n) is 9.06. The Hall–Kier alpha value is -3.54. The molecule has 0 bridgehead atoms. The molecule has 0 aliphatic carbocycles. The molecule has 0 fully saturated rings. The first-order valence-corrected chi connectivity index (χ1v) is 9.06. The van der Waals surface area contributed by atoms with Crippen molar-refractivity contribution in [2.75, 3.05) is 19.0 Å². The summed E-state index contributed by atoms with van der Waals surface area (Å²) in [5, 5.41) is 10.3. The summed E-state index contributed by atoms with van der Waals surface area (Å²) in [5.74, 6) is 1.64. The second kappa shape index (κ2) is 7.60. The van der Waals surface area contributed by atoms with Crippen molar-refractivity contribution in [3.05, 3.63) is 72.3 Å². The molecule has 2 N–H and O–H groups in total. The molecule has 1 aliphatic heterocycles. The lowest BCUT2D eigenvalue weighted by Crippen LogP contribution is -2.23. The maximum atomic E-state index is 12.3. The van der Waals surface area contributed by atoms with Crippen LogP contribution < -0.4 is 14.8 Å². The van der Waals surface area contributed by atoms with Gasteiger partial charge in [-0.05, 0) is 23.3 Å². The van der Waals surface area contributed by atoms with E-state index in [1.54, 1.807) is 13.2 Å². The molecule has 142 valence electrons. The van der Waals surface area contributed by atoms with E-state index >= 15 is 0 Å². The third kappa shape index (κ3) is 3.24. The van der Waals surface area contributed by atoms with Crippen molar-refractivity contribution in [1.29, 1.82) is 0 Å². The number of benzene rings is 2. The van der Waals surface area contributed by atoms with Gasteiger partial charge < -0.3 is 14.8 Å². The van der Waals surface area contributed by atoms with Crippen LogP contribution in [0.1, 0.15) is 23.5 Å². The first kappa shape index (κ1) is 17.9. The summed E-state index contributed by atoms with van der Waals surface area (Å²) >= 11 is 0. The molecule has 2 heterocycles. The van der Waals surface area contributed by atoms with Crippen LogP contribution in [0.25, 0.3) is 11.3 Å². The van der Waals surface area contributed by atoms with Crippen molar-refractivity contribution < 1.29 is 14.3 Å². The highest BCUT2D eigenvalue weighted by Crippen LogP contribution is 2.43. The van der Waals surface area contributed by atoms with Crippen LogP contribution in [-0.2, 0) is 4.79 Å². The van der Waals surface area contributed by atoms with Gasteiger partial charge in [0.1, 0.15) is 6.61 Å². The highest BCUT2D eigenvalue weighted by Gasteiger charge is 2.32. The Morgan fingerprint density at radius 1 is 1.21 bits per heavy atom. The SMILES string of the molecule is C=CCOc1ccc([C@H]2CC(=O)Nc3n[nH]c(-c4ccccc4)c32)cc1OC. The van der Waals surface area contributed by atoms with Crippen LogP contribution in [-0.4, -0.2) is 29.8 Å². The number of aromatic nitrogens is 2. The third-order valence-electron chi connectivity index (χ3n) is 4.81. The number of fused-ring (bicyclic) bond motifs is 1. The van der Waals surface area contributed by atoms with Gasteiger partial charge in [0, 0.05) is 17.9 Å². The molecule has 4 rings (SSSR count). The monoisotopic (exact) mass is 375 g/mol. The quantitative estimate of drug-likeness (QED) is 0.636. The summed E-state index contributed by atoms with van der Waals surface area (Å²) in [7, 11) is 1.60. The zero-order chi connectivity index (χ0) is 19.5. The number of carbonyl (C=O) groups is 1. The number of anilines is 1. The van der Waals surface area contributed by atoms with Crippen LogP contribution in [0, 0.1) is 0 Å². The van der Waals surface area contributed by atoms with Crippen LogP contribution in [0.15, 0.2) is 61.2 Å². The predicted molar refractivity (Wildman–Crippen MR) is 108 cm³/mol. The van der Waals surface area contributed by atoms with Crippen LogP contribution in [0.3, 0.4) is 0 Å². The Morgan fingerprint density at radius 2 is 2.04 bits per heavy atom. The number of carbonyl (C=O) groups excluding carboxylic acids is 1. The summed E-state index contributed by atoms with van der Waals surface area (Å²) in [6.07, 6.45) is 2.02. The largest absolute Gasteiger partial charge is 0.493 e. The number of hydrogen-bond acceptors (Lipinski definition) is 4. The van der Waals surface area contributed by atoms with Crippen LogP contribution in [0.2, 0.25) is 0 Å². The molecule has 1 aliphatic rings. The third-order valence-corrected chi connectivity index (χ3v) is 4.81. The number of rotatable bonds is 6. The van der Waals surface area contributed by atoms with E-state index in [0.717, 1.165) is 22.4 Å². The lowest BCUT2D eigenvalue weighted by Gasteiger charge is -2.24. The molecule has 0 saturated heterocycles. The van der Waals surface area contributed by atoms with Gasteiger partial charge in [0.2, 0.25) is 5.91 Å². The van der Waals surface area contributed by atoms with Crippen LogP contribution in [0.5, 0.6) is 11.5 Å². The fourth-order valence-electron chi connectivity index (χ4n) is 3.53. The van der Waals surface area contributed by atoms with Crippen molar-refractivity contribution in [3.63, 3.8) is 0 Å². The Labute approximate surface area is 163 Å². The van der Waals surface area contributed by atoms with E-state index in [4.69, 9.17) is 9.47 Å². The molecule has 1 amide bonds. The number of ether oxygens (including phenoxy) is 2. The summed E-state index contributed by atoms with van der Waals surface area (Å²) in [6.45, 7) is 4.06. The molecular formula is C22H21N3O3. The molecule has 0 spiro atoms. The van der Waals surface area contributed by atoms with Gasteiger partial charge in [-0.1, -0.05) is 49.1 Å². The zero-order valence-electron chi connectivity index (χ0n) is 15.6. The van der Waals surface area contributed by atoms with Gasteiger partial charge in [0.25, 0.3) is 0 Å². The number of hydrogen-bond donors (Lipinski definition) is 2. The number of methoxy groups -OCH3 is 1. The number of nitrogens with one attached hydrogen (secondary N) is 2. The summed E-state index contributed by atoms with van der Waals surface area (Å²) in [5.41, 5.74) is 3.88. The molecular weight excluding hydrogens is 354 g/mol. The molecule has 2 aromatic carbocycles. The number of aromatic amines is 1. The van der Waals surface area contributed by atoms with Crippen molar-refractivity contribution in [2.45, 2.75) is 12.3 Å². The summed E-state index contributed by atoms with van der Waals surface area (Å²) in [6, 6.07) is 15.7. The Bertz CT molecular complexity index is 1010. The normalized spacial score (nSPS) is 15.5. The second-order valence-electron chi connectivity index (χ2n) is 6.54. The molecule has 0 saturated carbocycles. The fourth-order valence-corrected chi connectivity index (χ4v) is 3.53. The number of nitrogens with zero attached hydrogens (tertiary/aromatic N) is 1. The minimum atomic E-state index is -0.139. The molecule has 3 aromatic rings. The average molecular weight is 375 g/mol. The minimum Gasteiger partial charge on any atom is -0.493 e. The number of H-pyrrole nitrogens is 1. The first-order chi connectivity index (χ1) is 13.7. The van der Waals surface area contributed by atoms with Gasteiger partial charge in [-0.15, -0.1) is 0 Å². The van der Waals surface area contributed by atoms with Crippen molar-refractivity contribution in [1.82, 2.24) is 10.2 Å². The molecule has 6 heteroatoms. The van der Waals surface area contributed by atoms with Gasteiger partial charge in [-0.25, -0.2) is 0 Å². The van der Waals surface area contributed by atoms with Crippen molar-refractivity contribution >= 4 is 11.7 Å². The lowest BCUT2D eigenvalue weighted by molar-refractivity contribution is -0.116. The van der Waals surface area contributed by atoms with Gasteiger partial charge in [-0.2, -0.15) is 5.10 Å². The fraction of sp³-hybridized carbons (Fsp3) is 0.182. The highest BCUT2D eigenvalue weighted by molar-refractivity contribution is 5.96. The molecule has 28 heavy (non-hydrogen) atoms. The van der Waals surface area contributed by atoms with Gasteiger partial charge >= 0.3 is 0 Å². The lowest BCUT2D eigenvalue weighted by atomic mass is 9.84. The van der Waals surface area contributed by atoms with Gasteiger partial charge in [-0.3, -0.25) is 9.89 Å². The molecule has 0 unspecified atom stereocenters. The van der Waals surface area contributed by atoms with Crippen LogP contribution in [0.4, 0.5) is 5.82 Å². The maximum Gasteiger partial charge on any atom is 0.226 e. The van der Waals surface area contributed by atoms with E-state index in [1.807, 2.05) is 48.5 Å². The zero-order valence-corrected chi connectivity index (χ0v) is 15.6. The second-order valence-corrected chi connectivity index (χ2v) is 6.54. The standard InChI is InChI=1S/C22H21N3O3/c1-3-11-28-17-10-9-15(12-18(17)27-2)16-13-19(26)23-22-20(16)21(24-25-22)14-7-5-4-6-8-14/h3-10,12,16H,1,11,13H2,2H3,(H2,23,24,25,26)/t16-/m1/s1. The molecule has 1 aromatic heterocycles. The van der Waals surface area contributed by atoms with E-state index in [0.29, 0.717) is 30.3 Å². The Morgan fingerprint density at radius 3 is 2.79 bits per heavy atom. The predicted octanol–water partition coefficient (Wildman–Crippen LogP) is 4.12.